The van der Waals surface area contributed by atoms with Crippen molar-refractivity contribution in [3.63, 3.8) is 0 Å². The molecule has 0 radical (unpaired) electrons. The minimum atomic E-state index is 0.376. The number of nitrogens with zero attached hydrogens (tertiary/aromatic N) is 1. The van der Waals surface area contributed by atoms with Crippen LogP contribution in [0.1, 0.15) is 33.1 Å². The summed E-state index contributed by atoms with van der Waals surface area (Å²) in [6.07, 6.45) is 3.56. The first-order valence-corrected chi connectivity index (χ1v) is 6.80. The van der Waals surface area contributed by atoms with Crippen molar-refractivity contribution in [3.8, 4) is 0 Å². The first-order valence-electron chi connectivity index (χ1n) is 6.80. The van der Waals surface area contributed by atoms with E-state index in [0.29, 0.717) is 12.5 Å². The summed E-state index contributed by atoms with van der Waals surface area (Å²) in [5.41, 5.74) is 0. The number of aliphatic hydroxyl groups excluding tert-OH is 1. The van der Waals surface area contributed by atoms with Crippen LogP contribution < -0.4 is 5.32 Å². The zero-order valence-corrected chi connectivity index (χ0v) is 10.9. The fraction of sp³-hybridized carbons (Fsp3) is 1.00. The lowest BCUT2D eigenvalue weighted by Crippen LogP contribution is -2.39. The molecule has 1 aliphatic rings. The van der Waals surface area contributed by atoms with Gasteiger partial charge < -0.3 is 15.3 Å². The quantitative estimate of drug-likeness (QED) is 0.645. The van der Waals surface area contributed by atoms with Gasteiger partial charge in [-0.3, -0.25) is 0 Å². The van der Waals surface area contributed by atoms with Crippen molar-refractivity contribution in [1.82, 2.24) is 10.2 Å². The Kier molecular flexibility index (Phi) is 7.01. The van der Waals surface area contributed by atoms with Crippen LogP contribution in [0.15, 0.2) is 0 Å². The fourth-order valence-corrected chi connectivity index (χ4v) is 2.38. The van der Waals surface area contributed by atoms with E-state index in [9.17, 15) is 0 Å². The van der Waals surface area contributed by atoms with Crippen LogP contribution in [0.2, 0.25) is 0 Å². The van der Waals surface area contributed by atoms with Crippen LogP contribution in [0, 0.1) is 11.8 Å². The molecular formula is C13H28N2O. The van der Waals surface area contributed by atoms with E-state index in [1.165, 1.54) is 38.9 Å². The lowest BCUT2D eigenvalue weighted by molar-refractivity contribution is 0.121. The second kappa shape index (κ2) is 8.04. The molecule has 0 saturated carbocycles. The van der Waals surface area contributed by atoms with Crippen LogP contribution in [-0.4, -0.2) is 49.3 Å². The Labute approximate surface area is 100 Å². The Morgan fingerprint density at radius 3 is 2.62 bits per heavy atom. The molecule has 0 bridgehead atoms. The lowest BCUT2D eigenvalue weighted by atomic mass is 9.97. The topological polar surface area (TPSA) is 35.5 Å². The average Bonchev–Trinajstić information content (AvgIpc) is 2.30. The van der Waals surface area contributed by atoms with Gasteiger partial charge in [0.25, 0.3) is 0 Å². The molecule has 3 heteroatoms. The van der Waals surface area contributed by atoms with Crippen LogP contribution >= 0.6 is 0 Å². The largest absolute Gasteiger partial charge is 0.396 e. The van der Waals surface area contributed by atoms with Crippen molar-refractivity contribution < 1.29 is 5.11 Å². The Balaban J connectivity index is 2.08. The van der Waals surface area contributed by atoms with Crippen molar-refractivity contribution in [2.24, 2.45) is 11.8 Å². The number of hydrogen-bond acceptors (Lipinski definition) is 3. The highest BCUT2D eigenvalue weighted by Gasteiger charge is 2.19. The number of hydrogen-bond donors (Lipinski definition) is 2. The maximum Gasteiger partial charge on any atom is 0.0460 e. The third-order valence-corrected chi connectivity index (χ3v) is 3.45. The summed E-state index contributed by atoms with van der Waals surface area (Å²) in [4.78, 5) is 2.55. The predicted octanol–water partition coefficient (Wildman–Crippen LogP) is 1.33. The third-order valence-electron chi connectivity index (χ3n) is 3.45. The SMILES string of the molecule is CCCNCC(C)CN1CCC(CO)CC1. The molecule has 0 spiro atoms. The molecule has 0 aromatic heterocycles. The van der Waals surface area contributed by atoms with Crippen LogP contribution in [0.3, 0.4) is 0 Å². The summed E-state index contributed by atoms with van der Waals surface area (Å²) >= 11 is 0. The Morgan fingerprint density at radius 2 is 2.06 bits per heavy atom. The third kappa shape index (κ3) is 5.28. The van der Waals surface area contributed by atoms with E-state index in [1.54, 1.807) is 0 Å². The molecule has 1 aliphatic heterocycles. The van der Waals surface area contributed by atoms with Crippen molar-refractivity contribution in [2.75, 3.05) is 39.3 Å². The second-order valence-electron chi connectivity index (χ2n) is 5.24. The highest BCUT2D eigenvalue weighted by atomic mass is 16.3. The molecule has 1 atom stereocenters. The van der Waals surface area contributed by atoms with Gasteiger partial charge in [0.1, 0.15) is 0 Å². The Morgan fingerprint density at radius 1 is 1.38 bits per heavy atom. The number of rotatable bonds is 7. The highest BCUT2D eigenvalue weighted by molar-refractivity contribution is 4.73. The maximum absolute atomic E-state index is 9.07. The summed E-state index contributed by atoms with van der Waals surface area (Å²) in [7, 11) is 0. The van der Waals surface area contributed by atoms with E-state index in [-0.39, 0.29) is 0 Å². The van der Waals surface area contributed by atoms with Crippen molar-refractivity contribution in [1.29, 1.82) is 0 Å². The molecule has 96 valence electrons. The molecule has 1 rings (SSSR count). The van der Waals surface area contributed by atoms with E-state index < -0.39 is 0 Å². The standard InChI is InChI=1S/C13H28N2O/c1-3-6-14-9-12(2)10-15-7-4-13(11-16)5-8-15/h12-14,16H,3-11H2,1-2H3. The van der Waals surface area contributed by atoms with Gasteiger partial charge >= 0.3 is 0 Å². The average molecular weight is 228 g/mol. The zero-order valence-electron chi connectivity index (χ0n) is 10.9. The highest BCUT2D eigenvalue weighted by Crippen LogP contribution is 2.17. The number of piperidine rings is 1. The summed E-state index contributed by atoms with van der Waals surface area (Å²) in [6.45, 7) is 10.7. The molecule has 0 aromatic rings. The van der Waals surface area contributed by atoms with Gasteiger partial charge in [0.15, 0.2) is 0 Å². The van der Waals surface area contributed by atoms with Gasteiger partial charge in [-0.05, 0) is 57.3 Å². The van der Waals surface area contributed by atoms with Crippen LogP contribution in [0.5, 0.6) is 0 Å². The fourth-order valence-electron chi connectivity index (χ4n) is 2.38. The van der Waals surface area contributed by atoms with Gasteiger partial charge in [0, 0.05) is 13.2 Å². The first-order chi connectivity index (χ1) is 7.76. The number of aliphatic hydroxyl groups is 1. The van der Waals surface area contributed by atoms with Crippen molar-refractivity contribution in [3.05, 3.63) is 0 Å². The molecule has 1 fully saturated rings. The molecule has 2 N–H and O–H groups in total. The van der Waals surface area contributed by atoms with E-state index in [1.807, 2.05) is 0 Å². The summed E-state index contributed by atoms with van der Waals surface area (Å²) < 4.78 is 0. The maximum atomic E-state index is 9.07. The van der Waals surface area contributed by atoms with Crippen molar-refractivity contribution >= 4 is 0 Å². The van der Waals surface area contributed by atoms with E-state index in [4.69, 9.17) is 5.11 Å². The van der Waals surface area contributed by atoms with Gasteiger partial charge in [0.05, 0.1) is 0 Å². The summed E-state index contributed by atoms with van der Waals surface area (Å²) in [5.74, 6) is 1.29. The minimum Gasteiger partial charge on any atom is -0.396 e. The first kappa shape index (κ1) is 13.9. The zero-order chi connectivity index (χ0) is 11.8. The molecule has 3 nitrogen and oxygen atoms in total. The van der Waals surface area contributed by atoms with E-state index in [0.717, 1.165) is 19.0 Å². The Bertz CT molecular complexity index is 167. The predicted molar refractivity (Wildman–Crippen MR) is 68.6 cm³/mol. The molecule has 0 amide bonds. The molecule has 1 saturated heterocycles. The number of nitrogens with one attached hydrogen (secondary N) is 1. The van der Waals surface area contributed by atoms with Gasteiger partial charge in [-0.25, -0.2) is 0 Å². The van der Waals surface area contributed by atoms with E-state index in [2.05, 4.69) is 24.1 Å². The van der Waals surface area contributed by atoms with Gasteiger partial charge in [0.2, 0.25) is 0 Å². The molecular weight excluding hydrogens is 200 g/mol. The summed E-state index contributed by atoms with van der Waals surface area (Å²) in [6, 6.07) is 0. The molecule has 0 aromatic carbocycles. The van der Waals surface area contributed by atoms with Gasteiger partial charge in [-0.2, -0.15) is 0 Å². The normalized spacial score (nSPS) is 21.2. The molecule has 1 heterocycles. The van der Waals surface area contributed by atoms with Gasteiger partial charge in [-0.1, -0.05) is 13.8 Å². The van der Waals surface area contributed by atoms with Crippen LogP contribution in [0.25, 0.3) is 0 Å². The monoisotopic (exact) mass is 228 g/mol. The lowest BCUT2D eigenvalue weighted by Gasteiger charge is -2.32. The molecule has 0 aliphatic carbocycles. The molecule has 1 unspecified atom stereocenters. The van der Waals surface area contributed by atoms with Crippen LogP contribution in [0.4, 0.5) is 0 Å². The van der Waals surface area contributed by atoms with Gasteiger partial charge in [-0.15, -0.1) is 0 Å². The Hall–Kier alpha value is -0.120. The van der Waals surface area contributed by atoms with Crippen LogP contribution in [-0.2, 0) is 0 Å². The number of likely N-dealkylation sites (tertiary alicyclic amines) is 1. The minimum absolute atomic E-state index is 0.376. The molecule has 16 heavy (non-hydrogen) atoms. The van der Waals surface area contributed by atoms with Crippen molar-refractivity contribution in [2.45, 2.75) is 33.1 Å². The summed E-state index contributed by atoms with van der Waals surface area (Å²) in [5, 5.41) is 12.6. The van der Waals surface area contributed by atoms with E-state index >= 15 is 0 Å². The second-order valence-corrected chi connectivity index (χ2v) is 5.24. The smallest absolute Gasteiger partial charge is 0.0460 e.